The summed E-state index contributed by atoms with van der Waals surface area (Å²) in [5.41, 5.74) is 1.05. The molecule has 0 atom stereocenters. The van der Waals surface area contributed by atoms with E-state index in [0.29, 0.717) is 0 Å². The maximum absolute atomic E-state index is 6.06. The van der Waals surface area contributed by atoms with Gasteiger partial charge in [-0.15, -0.1) is 12.4 Å². The van der Waals surface area contributed by atoms with E-state index in [0.717, 1.165) is 36.9 Å². The minimum Gasteiger partial charge on any atom is -0.367 e. The van der Waals surface area contributed by atoms with E-state index in [2.05, 4.69) is 15.2 Å². The average molecular weight is 234 g/mol. The number of rotatable bonds is 1. The molecule has 1 aliphatic heterocycles. The summed E-state index contributed by atoms with van der Waals surface area (Å²) in [7, 11) is 0. The summed E-state index contributed by atoms with van der Waals surface area (Å²) in [4.78, 5) is 6.33. The van der Waals surface area contributed by atoms with Gasteiger partial charge in [0, 0.05) is 32.4 Å². The van der Waals surface area contributed by atoms with Crippen LogP contribution in [0.4, 0.5) is 5.69 Å². The van der Waals surface area contributed by atoms with E-state index in [4.69, 9.17) is 11.6 Å². The van der Waals surface area contributed by atoms with Crippen LogP contribution in [0.1, 0.15) is 0 Å². The molecule has 1 saturated heterocycles. The van der Waals surface area contributed by atoms with E-state index in [9.17, 15) is 0 Å². The van der Waals surface area contributed by atoms with Crippen LogP contribution in [0, 0.1) is 0 Å². The zero-order valence-electron chi connectivity index (χ0n) is 7.74. The molecule has 0 spiro atoms. The Kier molecular flexibility index (Phi) is 4.45. The first-order valence-corrected chi connectivity index (χ1v) is 4.81. The Hall–Kier alpha value is -0.510. The molecule has 0 bridgehead atoms. The molecular weight excluding hydrogens is 221 g/mol. The van der Waals surface area contributed by atoms with Gasteiger partial charge in [0.2, 0.25) is 0 Å². The lowest BCUT2D eigenvalue weighted by molar-refractivity contribution is 0.589. The highest BCUT2D eigenvalue weighted by atomic mass is 35.5. The molecule has 0 unspecified atom stereocenters. The van der Waals surface area contributed by atoms with Crippen molar-refractivity contribution in [3.8, 4) is 0 Å². The lowest BCUT2D eigenvalue weighted by Crippen LogP contribution is -2.43. The molecule has 1 aliphatic rings. The number of aromatic nitrogens is 1. The monoisotopic (exact) mass is 233 g/mol. The molecule has 5 heteroatoms. The first-order valence-electron chi connectivity index (χ1n) is 4.43. The summed E-state index contributed by atoms with van der Waals surface area (Å²) >= 11 is 6.06. The Balaban J connectivity index is 0.000000980. The number of nitrogens with one attached hydrogen (secondary N) is 1. The van der Waals surface area contributed by atoms with Crippen molar-refractivity contribution in [3.05, 3.63) is 23.5 Å². The molecule has 78 valence electrons. The van der Waals surface area contributed by atoms with Gasteiger partial charge in [-0.05, 0) is 6.07 Å². The third-order valence-corrected chi connectivity index (χ3v) is 2.53. The Morgan fingerprint density at radius 2 is 2.07 bits per heavy atom. The lowest BCUT2D eigenvalue weighted by atomic mass is 10.3. The molecular formula is C9H13Cl2N3. The van der Waals surface area contributed by atoms with Gasteiger partial charge in [0.15, 0.2) is 0 Å². The van der Waals surface area contributed by atoms with Gasteiger partial charge in [-0.3, -0.25) is 4.98 Å². The Bertz CT molecular complexity index is 287. The summed E-state index contributed by atoms with van der Waals surface area (Å²) in [6.07, 6.45) is 3.54. The zero-order chi connectivity index (χ0) is 9.10. The lowest BCUT2D eigenvalue weighted by Gasteiger charge is -2.29. The molecule has 2 rings (SSSR count). The predicted molar refractivity (Wildman–Crippen MR) is 61.6 cm³/mol. The van der Waals surface area contributed by atoms with Crippen LogP contribution in [0.5, 0.6) is 0 Å². The predicted octanol–water partition coefficient (Wildman–Crippen LogP) is 1.57. The van der Waals surface area contributed by atoms with Crippen LogP contribution in [0.3, 0.4) is 0 Å². The van der Waals surface area contributed by atoms with Gasteiger partial charge in [-0.25, -0.2) is 0 Å². The van der Waals surface area contributed by atoms with Crippen molar-refractivity contribution in [3.63, 3.8) is 0 Å². The first-order chi connectivity index (χ1) is 6.38. The molecule has 1 fully saturated rings. The van der Waals surface area contributed by atoms with E-state index >= 15 is 0 Å². The summed E-state index contributed by atoms with van der Waals surface area (Å²) in [5, 5.41) is 4.09. The van der Waals surface area contributed by atoms with Gasteiger partial charge >= 0.3 is 0 Å². The zero-order valence-corrected chi connectivity index (χ0v) is 9.31. The normalized spacial score (nSPS) is 16.2. The Labute approximate surface area is 94.9 Å². The van der Waals surface area contributed by atoms with Crippen LogP contribution in [-0.2, 0) is 0 Å². The van der Waals surface area contributed by atoms with Crippen molar-refractivity contribution in [1.82, 2.24) is 10.3 Å². The second-order valence-corrected chi connectivity index (χ2v) is 3.47. The van der Waals surface area contributed by atoms with E-state index in [1.165, 1.54) is 0 Å². The van der Waals surface area contributed by atoms with Gasteiger partial charge in [0.1, 0.15) is 0 Å². The number of anilines is 1. The molecule has 1 N–H and O–H groups in total. The summed E-state index contributed by atoms with van der Waals surface area (Å²) in [6, 6.07) is 1.83. The molecule has 3 nitrogen and oxygen atoms in total. The van der Waals surface area contributed by atoms with E-state index in [-0.39, 0.29) is 12.4 Å². The van der Waals surface area contributed by atoms with Crippen LogP contribution < -0.4 is 10.2 Å². The molecule has 0 radical (unpaired) electrons. The molecule has 0 amide bonds. The SMILES string of the molecule is Cl.Clc1ccncc1N1CCNCC1. The Morgan fingerprint density at radius 3 is 2.71 bits per heavy atom. The molecule has 0 saturated carbocycles. The quantitative estimate of drug-likeness (QED) is 0.799. The standard InChI is InChI=1S/C9H12ClN3.ClH/c10-8-1-2-12-7-9(8)13-5-3-11-4-6-13;/h1-2,7,11H,3-6H2;1H. The minimum absolute atomic E-state index is 0. The fourth-order valence-electron chi connectivity index (χ4n) is 1.51. The Morgan fingerprint density at radius 1 is 1.36 bits per heavy atom. The first kappa shape index (κ1) is 11.6. The largest absolute Gasteiger partial charge is 0.367 e. The molecule has 1 aromatic heterocycles. The number of hydrogen-bond donors (Lipinski definition) is 1. The smallest absolute Gasteiger partial charge is 0.0742 e. The van der Waals surface area contributed by atoms with Gasteiger partial charge in [-0.1, -0.05) is 11.6 Å². The molecule has 1 aromatic rings. The molecule has 14 heavy (non-hydrogen) atoms. The summed E-state index contributed by atoms with van der Waals surface area (Å²) in [5.74, 6) is 0. The maximum Gasteiger partial charge on any atom is 0.0742 e. The number of pyridine rings is 1. The third-order valence-electron chi connectivity index (χ3n) is 2.21. The van der Waals surface area contributed by atoms with Crippen LogP contribution in [0.15, 0.2) is 18.5 Å². The van der Waals surface area contributed by atoms with Crippen LogP contribution in [0.25, 0.3) is 0 Å². The fourth-order valence-corrected chi connectivity index (χ4v) is 1.73. The average Bonchev–Trinajstić information content (AvgIpc) is 2.20. The van der Waals surface area contributed by atoms with Gasteiger partial charge in [0.25, 0.3) is 0 Å². The van der Waals surface area contributed by atoms with Crippen molar-refractivity contribution in [1.29, 1.82) is 0 Å². The third kappa shape index (κ3) is 2.50. The fraction of sp³-hybridized carbons (Fsp3) is 0.444. The number of halogens is 2. The molecule has 0 aromatic carbocycles. The van der Waals surface area contributed by atoms with Crippen LogP contribution in [0.2, 0.25) is 5.02 Å². The highest BCUT2D eigenvalue weighted by Crippen LogP contribution is 2.23. The van der Waals surface area contributed by atoms with Crippen LogP contribution in [-0.4, -0.2) is 31.2 Å². The van der Waals surface area contributed by atoms with Crippen LogP contribution >= 0.6 is 24.0 Å². The maximum atomic E-state index is 6.06. The van der Waals surface area contributed by atoms with Crippen molar-refractivity contribution >= 4 is 29.7 Å². The summed E-state index contributed by atoms with van der Waals surface area (Å²) in [6.45, 7) is 4.05. The molecule has 2 heterocycles. The highest BCUT2D eigenvalue weighted by molar-refractivity contribution is 6.33. The van der Waals surface area contributed by atoms with Crippen molar-refractivity contribution < 1.29 is 0 Å². The minimum atomic E-state index is 0. The van der Waals surface area contributed by atoms with Gasteiger partial charge in [-0.2, -0.15) is 0 Å². The van der Waals surface area contributed by atoms with Gasteiger partial charge < -0.3 is 10.2 Å². The summed E-state index contributed by atoms with van der Waals surface area (Å²) < 4.78 is 0. The number of piperazine rings is 1. The van der Waals surface area contributed by atoms with Crippen molar-refractivity contribution in [2.24, 2.45) is 0 Å². The van der Waals surface area contributed by atoms with E-state index in [1.807, 2.05) is 12.3 Å². The second kappa shape index (κ2) is 5.39. The van der Waals surface area contributed by atoms with E-state index in [1.54, 1.807) is 6.20 Å². The number of hydrogen-bond acceptors (Lipinski definition) is 3. The van der Waals surface area contributed by atoms with E-state index < -0.39 is 0 Å². The van der Waals surface area contributed by atoms with Crippen molar-refractivity contribution in [2.45, 2.75) is 0 Å². The van der Waals surface area contributed by atoms with Crippen molar-refractivity contribution in [2.75, 3.05) is 31.1 Å². The topological polar surface area (TPSA) is 28.2 Å². The second-order valence-electron chi connectivity index (χ2n) is 3.06. The number of nitrogens with zero attached hydrogens (tertiary/aromatic N) is 2. The van der Waals surface area contributed by atoms with Gasteiger partial charge in [0.05, 0.1) is 16.9 Å². The molecule has 0 aliphatic carbocycles. The highest BCUT2D eigenvalue weighted by Gasteiger charge is 2.12.